The molecule has 1 aliphatic rings. The fourth-order valence-electron chi connectivity index (χ4n) is 2.69. The predicted molar refractivity (Wildman–Crippen MR) is 78.2 cm³/mol. The van der Waals surface area contributed by atoms with Crippen molar-refractivity contribution in [2.45, 2.75) is 47.0 Å². The van der Waals surface area contributed by atoms with Crippen LogP contribution in [0.15, 0.2) is 0 Å². The first-order valence-electron chi connectivity index (χ1n) is 7.42. The van der Waals surface area contributed by atoms with Gasteiger partial charge in [-0.25, -0.2) is 0 Å². The van der Waals surface area contributed by atoms with E-state index in [1.165, 1.54) is 0 Å². The molecule has 1 aliphatic heterocycles. The van der Waals surface area contributed by atoms with E-state index >= 15 is 0 Å². The maximum atomic E-state index is 12.6. The van der Waals surface area contributed by atoms with Gasteiger partial charge in [-0.15, -0.1) is 0 Å². The molecule has 1 fully saturated rings. The number of carboxylic acid groups (broad SMARTS) is 1. The number of amides is 1. The number of likely N-dealkylation sites (tertiary alicyclic amines) is 1. The van der Waals surface area contributed by atoms with Crippen molar-refractivity contribution in [3.8, 4) is 0 Å². The van der Waals surface area contributed by atoms with Crippen LogP contribution in [0.2, 0.25) is 0 Å². The second-order valence-electron chi connectivity index (χ2n) is 6.74. The lowest BCUT2D eigenvalue weighted by Crippen LogP contribution is -2.52. The zero-order valence-corrected chi connectivity index (χ0v) is 13.1. The van der Waals surface area contributed by atoms with Gasteiger partial charge in [-0.3, -0.25) is 9.59 Å². The standard InChI is InChI=1S/C15H28N2O3/c1-5-15(4,10-16)12(18)17-8-6-7-11(9-17)14(2,3)13(19)20/h11H,5-10,16H2,1-4H3,(H,19,20). The molecule has 0 spiro atoms. The molecule has 0 aliphatic carbocycles. The summed E-state index contributed by atoms with van der Waals surface area (Å²) in [4.78, 5) is 25.8. The van der Waals surface area contributed by atoms with Crippen LogP contribution in [0.4, 0.5) is 0 Å². The smallest absolute Gasteiger partial charge is 0.309 e. The highest BCUT2D eigenvalue weighted by molar-refractivity contribution is 5.83. The summed E-state index contributed by atoms with van der Waals surface area (Å²) >= 11 is 0. The Labute approximate surface area is 121 Å². The van der Waals surface area contributed by atoms with E-state index in [2.05, 4.69) is 0 Å². The van der Waals surface area contributed by atoms with Gasteiger partial charge < -0.3 is 15.7 Å². The number of carbonyl (C=O) groups excluding carboxylic acids is 1. The Morgan fingerprint density at radius 3 is 2.40 bits per heavy atom. The van der Waals surface area contributed by atoms with Crippen LogP contribution in [0.3, 0.4) is 0 Å². The van der Waals surface area contributed by atoms with Gasteiger partial charge >= 0.3 is 5.97 Å². The summed E-state index contributed by atoms with van der Waals surface area (Å²) in [5, 5.41) is 9.35. The van der Waals surface area contributed by atoms with Gasteiger partial charge in [0.25, 0.3) is 0 Å². The van der Waals surface area contributed by atoms with Crippen molar-refractivity contribution in [1.82, 2.24) is 4.90 Å². The van der Waals surface area contributed by atoms with E-state index in [1.807, 2.05) is 18.7 Å². The Bertz CT molecular complexity index is 375. The minimum atomic E-state index is -0.801. The van der Waals surface area contributed by atoms with Crippen molar-refractivity contribution in [3.05, 3.63) is 0 Å². The summed E-state index contributed by atoms with van der Waals surface area (Å²) in [6, 6.07) is 0. The SMILES string of the molecule is CCC(C)(CN)C(=O)N1CCCC(C(C)(C)C(=O)O)C1. The Morgan fingerprint density at radius 2 is 1.95 bits per heavy atom. The molecule has 5 heteroatoms. The Morgan fingerprint density at radius 1 is 1.35 bits per heavy atom. The molecule has 116 valence electrons. The molecule has 0 aromatic rings. The molecule has 2 atom stereocenters. The van der Waals surface area contributed by atoms with E-state index in [1.54, 1.807) is 13.8 Å². The van der Waals surface area contributed by atoms with Crippen LogP contribution in [0.1, 0.15) is 47.0 Å². The van der Waals surface area contributed by atoms with Crippen molar-refractivity contribution in [2.75, 3.05) is 19.6 Å². The number of hydrogen-bond donors (Lipinski definition) is 2. The molecule has 1 amide bonds. The second-order valence-corrected chi connectivity index (χ2v) is 6.74. The van der Waals surface area contributed by atoms with Crippen LogP contribution >= 0.6 is 0 Å². The number of piperidine rings is 1. The molecule has 0 aromatic heterocycles. The van der Waals surface area contributed by atoms with Gasteiger partial charge in [0.15, 0.2) is 0 Å². The van der Waals surface area contributed by atoms with Crippen LogP contribution in [0, 0.1) is 16.7 Å². The Hall–Kier alpha value is -1.10. The predicted octanol–water partition coefficient (Wildman–Crippen LogP) is 1.71. The highest BCUT2D eigenvalue weighted by Gasteiger charge is 2.42. The number of rotatable bonds is 5. The summed E-state index contributed by atoms with van der Waals surface area (Å²) in [6.07, 6.45) is 2.41. The highest BCUT2D eigenvalue weighted by atomic mass is 16.4. The van der Waals surface area contributed by atoms with Gasteiger partial charge in [-0.1, -0.05) is 6.92 Å². The molecule has 0 saturated carbocycles. The van der Waals surface area contributed by atoms with Crippen molar-refractivity contribution < 1.29 is 14.7 Å². The summed E-state index contributed by atoms with van der Waals surface area (Å²) in [5.74, 6) is -0.737. The minimum Gasteiger partial charge on any atom is -0.481 e. The third-order valence-electron chi connectivity index (χ3n) is 5.03. The van der Waals surface area contributed by atoms with Gasteiger partial charge in [0, 0.05) is 19.6 Å². The van der Waals surface area contributed by atoms with Crippen molar-refractivity contribution >= 4 is 11.9 Å². The number of aliphatic carboxylic acids is 1. The summed E-state index contributed by atoms with van der Waals surface area (Å²) in [5.41, 5.74) is 4.42. The van der Waals surface area contributed by atoms with Crippen molar-refractivity contribution in [1.29, 1.82) is 0 Å². The molecule has 3 N–H and O–H groups in total. The Balaban J connectivity index is 2.85. The fraction of sp³-hybridized carbons (Fsp3) is 0.867. The van der Waals surface area contributed by atoms with Crippen molar-refractivity contribution in [2.24, 2.45) is 22.5 Å². The van der Waals surface area contributed by atoms with Gasteiger partial charge in [-0.05, 0) is 46.0 Å². The number of nitrogens with two attached hydrogens (primary N) is 1. The maximum absolute atomic E-state index is 12.6. The van der Waals surface area contributed by atoms with Crippen LogP contribution in [0.5, 0.6) is 0 Å². The van der Waals surface area contributed by atoms with Crippen molar-refractivity contribution in [3.63, 3.8) is 0 Å². The third kappa shape index (κ3) is 3.14. The van der Waals surface area contributed by atoms with Gasteiger partial charge in [0.1, 0.15) is 0 Å². The molecule has 0 radical (unpaired) electrons. The molecule has 5 nitrogen and oxygen atoms in total. The monoisotopic (exact) mass is 284 g/mol. The first-order valence-corrected chi connectivity index (χ1v) is 7.42. The molecule has 2 unspecified atom stereocenters. The molecule has 0 bridgehead atoms. The molecule has 20 heavy (non-hydrogen) atoms. The lowest BCUT2D eigenvalue weighted by molar-refractivity contribution is -0.155. The van der Waals surface area contributed by atoms with E-state index in [-0.39, 0.29) is 11.8 Å². The van der Waals surface area contributed by atoms with Gasteiger partial charge in [0.05, 0.1) is 10.8 Å². The average molecular weight is 284 g/mol. The molecular weight excluding hydrogens is 256 g/mol. The fourth-order valence-corrected chi connectivity index (χ4v) is 2.69. The van der Waals surface area contributed by atoms with E-state index in [0.29, 0.717) is 26.1 Å². The normalized spacial score (nSPS) is 23.2. The zero-order chi connectivity index (χ0) is 15.6. The largest absolute Gasteiger partial charge is 0.481 e. The Kier molecular flexibility index (Phi) is 5.19. The number of carboxylic acids is 1. The molecule has 1 rings (SSSR count). The topological polar surface area (TPSA) is 83.6 Å². The minimum absolute atomic E-state index is 0.00317. The summed E-state index contributed by atoms with van der Waals surface area (Å²) in [7, 11) is 0. The average Bonchev–Trinajstić information content (AvgIpc) is 2.45. The maximum Gasteiger partial charge on any atom is 0.309 e. The molecule has 0 aromatic carbocycles. The zero-order valence-electron chi connectivity index (χ0n) is 13.1. The van der Waals surface area contributed by atoms with Crippen LogP contribution in [0.25, 0.3) is 0 Å². The lowest BCUT2D eigenvalue weighted by Gasteiger charge is -2.42. The van der Waals surface area contributed by atoms with E-state index in [0.717, 1.165) is 12.8 Å². The van der Waals surface area contributed by atoms with E-state index < -0.39 is 16.8 Å². The van der Waals surface area contributed by atoms with Crippen LogP contribution in [-0.2, 0) is 9.59 Å². The number of nitrogens with zero attached hydrogens (tertiary/aromatic N) is 1. The summed E-state index contributed by atoms with van der Waals surface area (Å²) < 4.78 is 0. The highest BCUT2D eigenvalue weighted by Crippen LogP contribution is 2.35. The van der Waals surface area contributed by atoms with E-state index in [4.69, 9.17) is 5.73 Å². The number of hydrogen-bond acceptors (Lipinski definition) is 3. The number of carbonyl (C=O) groups is 2. The molecular formula is C15H28N2O3. The third-order valence-corrected chi connectivity index (χ3v) is 5.03. The summed E-state index contributed by atoms with van der Waals surface area (Å²) in [6.45, 7) is 8.90. The second kappa shape index (κ2) is 6.12. The van der Waals surface area contributed by atoms with Gasteiger partial charge in [0.2, 0.25) is 5.91 Å². The lowest BCUT2D eigenvalue weighted by atomic mass is 9.74. The van der Waals surface area contributed by atoms with Crippen LogP contribution < -0.4 is 5.73 Å². The molecule has 1 heterocycles. The first kappa shape index (κ1) is 17.0. The van der Waals surface area contributed by atoms with E-state index in [9.17, 15) is 14.7 Å². The quantitative estimate of drug-likeness (QED) is 0.805. The van der Waals surface area contributed by atoms with Crippen LogP contribution in [-0.4, -0.2) is 41.5 Å². The molecule has 1 saturated heterocycles. The first-order chi connectivity index (χ1) is 9.19. The van der Waals surface area contributed by atoms with Gasteiger partial charge in [-0.2, -0.15) is 0 Å².